The summed E-state index contributed by atoms with van der Waals surface area (Å²) in [5.74, 6) is 0. The predicted molar refractivity (Wildman–Crippen MR) is 105 cm³/mol. The Morgan fingerprint density at radius 2 is 1.79 bits per heavy atom. The highest BCUT2D eigenvalue weighted by Crippen LogP contribution is 2.16. The average molecular weight is 341 g/mol. The van der Waals surface area contributed by atoms with Crippen LogP contribution < -0.4 is 0 Å². The van der Waals surface area contributed by atoms with E-state index in [-0.39, 0.29) is 18.1 Å². The molecule has 0 aromatic rings. The van der Waals surface area contributed by atoms with Crippen LogP contribution in [0.15, 0.2) is 25.3 Å². The molecular formula is C20H40N2O2. The molecule has 1 N–H and O–H groups in total. The van der Waals surface area contributed by atoms with Gasteiger partial charge in [-0.1, -0.05) is 32.9 Å². The summed E-state index contributed by atoms with van der Waals surface area (Å²) in [6, 6.07) is 0.259. The second-order valence-electron chi connectivity index (χ2n) is 7.01. The van der Waals surface area contributed by atoms with Crippen LogP contribution in [-0.4, -0.2) is 60.6 Å². The van der Waals surface area contributed by atoms with Gasteiger partial charge in [-0.05, 0) is 46.2 Å². The second kappa shape index (κ2) is 15.4. The van der Waals surface area contributed by atoms with Gasteiger partial charge in [0.1, 0.15) is 0 Å². The van der Waals surface area contributed by atoms with Gasteiger partial charge in [-0.25, -0.2) is 0 Å². The van der Waals surface area contributed by atoms with Gasteiger partial charge in [-0.3, -0.25) is 4.79 Å². The van der Waals surface area contributed by atoms with Crippen molar-refractivity contribution in [1.82, 2.24) is 9.80 Å². The fourth-order valence-electron chi connectivity index (χ4n) is 2.49. The molecule has 4 nitrogen and oxygen atoms in total. The van der Waals surface area contributed by atoms with E-state index in [1.807, 2.05) is 24.0 Å². The molecule has 0 saturated carbocycles. The van der Waals surface area contributed by atoms with Crippen LogP contribution in [0.5, 0.6) is 0 Å². The van der Waals surface area contributed by atoms with E-state index < -0.39 is 0 Å². The van der Waals surface area contributed by atoms with E-state index in [2.05, 4.69) is 45.9 Å². The molecule has 0 aliphatic heterocycles. The number of hydrogen-bond donors (Lipinski definition) is 1. The normalized spacial score (nSPS) is 12.1. The van der Waals surface area contributed by atoms with E-state index in [4.69, 9.17) is 0 Å². The number of carbonyl (C=O) groups is 1. The minimum absolute atomic E-state index is 0.0620. The summed E-state index contributed by atoms with van der Waals surface area (Å²) in [5.41, 5.74) is -0.0620. The molecule has 1 amide bonds. The van der Waals surface area contributed by atoms with Crippen LogP contribution in [0.25, 0.3) is 0 Å². The summed E-state index contributed by atoms with van der Waals surface area (Å²) in [7, 11) is 2.08. The van der Waals surface area contributed by atoms with Crippen LogP contribution in [0.4, 0.5) is 0 Å². The maximum Gasteiger partial charge on any atom is 0.209 e. The van der Waals surface area contributed by atoms with Gasteiger partial charge in [-0.2, -0.15) is 0 Å². The highest BCUT2D eigenvalue weighted by molar-refractivity contribution is 5.47. The van der Waals surface area contributed by atoms with Crippen LogP contribution in [0.3, 0.4) is 0 Å². The lowest BCUT2D eigenvalue weighted by atomic mass is 9.94. The predicted octanol–water partition coefficient (Wildman–Crippen LogP) is 3.72. The van der Waals surface area contributed by atoms with Crippen LogP contribution in [0.2, 0.25) is 0 Å². The SMILES string of the molecule is C=CCC.C=CC[C@@H](CCCN(C)CC(C)(C)CO)N(C=O)CC. The Bertz CT molecular complexity index is 330. The molecule has 0 fully saturated rings. The number of nitrogens with zero attached hydrogens (tertiary/aromatic N) is 2. The van der Waals surface area contributed by atoms with E-state index in [1.165, 1.54) is 0 Å². The first-order valence-electron chi connectivity index (χ1n) is 9.04. The number of aliphatic hydroxyl groups excluding tert-OH is 1. The largest absolute Gasteiger partial charge is 0.396 e. The van der Waals surface area contributed by atoms with Crippen molar-refractivity contribution in [2.45, 2.75) is 59.4 Å². The van der Waals surface area contributed by atoms with E-state index in [1.54, 1.807) is 0 Å². The van der Waals surface area contributed by atoms with Gasteiger partial charge < -0.3 is 14.9 Å². The molecule has 0 spiro atoms. The van der Waals surface area contributed by atoms with E-state index >= 15 is 0 Å². The molecule has 0 aliphatic rings. The topological polar surface area (TPSA) is 43.8 Å². The lowest BCUT2D eigenvalue weighted by Gasteiger charge is -2.30. The Labute approximate surface area is 150 Å². The Hall–Kier alpha value is -1.13. The summed E-state index contributed by atoms with van der Waals surface area (Å²) in [4.78, 5) is 15.1. The Morgan fingerprint density at radius 1 is 1.21 bits per heavy atom. The number of amides is 1. The second-order valence-corrected chi connectivity index (χ2v) is 7.01. The van der Waals surface area contributed by atoms with Gasteiger partial charge in [-0.15, -0.1) is 13.2 Å². The van der Waals surface area contributed by atoms with Gasteiger partial charge >= 0.3 is 0 Å². The summed E-state index contributed by atoms with van der Waals surface area (Å²) in [6.07, 6.45) is 8.66. The molecule has 0 rings (SSSR count). The molecule has 24 heavy (non-hydrogen) atoms. The monoisotopic (exact) mass is 340 g/mol. The molecule has 0 heterocycles. The fourth-order valence-corrected chi connectivity index (χ4v) is 2.49. The maximum atomic E-state index is 11.0. The lowest BCUT2D eigenvalue weighted by molar-refractivity contribution is -0.120. The van der Waals surface area contributed by atoms with E-state index in [0.717, 1.165) is 51.7 Å². The third-order valence-corrected chi connectivity index (χ3v) is 3.90. The standard InChI is InChI=1S/C16H32N2O2.C4H8/c1-6-9-15(18(7-2)14-20)10-8-11-17(5)12-16(3,4)13-19;1-3-4-2/h6,14-15,19H,1,7-13H2,2-5H3;3H,1,4H2,2H3/t15-;/m0./s1. The number of allylic oxidation sites excluding steroid dienone is 1. The van der Waals surface area contributed by atoms with Crippen LogP contribution in [0, 0.1) is 5.41 Å². The van der Waals surface area contributed by atoms with Crippen molar-refractivity contribution in [2.75, 3.05) is 33.3 Å². The zero-order valence-corrected chi connectivity index (χ0v) is 16.6. The molecule has 1 atom stereocenters. The van der Waals surface area contributed by atoms with Crippen LogP contribution in [0.1, 0.15) is 53.4 Å². The first-order chi connectivity index (χ1) is 11.3. The number of hydrogen-bond acceptors (Lipinski definition) is 3. The van der Waals surface area contributed by atoms with E-state index in [0.29, 0.717) is 0 Å². The third-order valence-electron chi connectivity index (χ3n) is 3.90. The van der Waals surface area contributed by atoms with Crippen molar-refractivity contribution in [2.24, 2.45) is 5.41 Å². The molecule has 0 bridgehead atoms. The van der Waals surface area contributed by atoms with Gasteiger partial charge in [0.2, 0.25) is 6.41 Å². The fraction of sp³-hybridized carbons (Fsp3) is 0.750. The number of rotatable bonds is 13. The van der Waals surface area contributed by atoms with Crippen molar-refractivity contribution in [1.29, 1.82) is 0 Å². The molecule has 0 radical (unpaired) electrons. The minimum atomic E-state index is -0.0620. The quantitative estimate of drug-likeness (QED) is 0.410. The molecule has 0 aromatic carbocycles. The lowest BCUT2D eigenvalue weighted by Crippen LogP contribution is -2.36. The molecule has 0 aromatic heterocycles. The van der Waals surface area contributed by atoms with Gasteiger partial charge in [0.15, 0.2) is 0 Å². The summed E-state index contributed by atoms with van der Waals surface area (Å²) in [6.45, 7) is 18.2. The van der Waals surface area contributed by atoms with Crippen LogP contribution >= 0.6 is 0 Å². The van der Waals surface area contributed by atoms with Crippen molar-refractivity contribution in [3.63, 3.8) is 0 Å². The minimum Gasteiger partial charge on any atom is -0.396 e. The molecule has 0 saturated heterocycles. The Morgan fingerprint density at radius 3 is 2.17 bits per heavy atom. The zero-order chi connectivity index (χ0) is 19.0. The molecule has 0 unspecified atom stereocenters. The number of carbonyl (C=O) groups excluding carboxylic acids is 1. The third kappa shape index (κ3) is 13.3. The summed E-state index contributed by atoms with van der Waals surface area (Å²) < 4.78 is 0. The first-order valence-corrected chi connectivity index (χ1v) is 9.04. The highest BCUT2D eigenvalue weighted by Gasteiger charge is 2.19. The Balaban J connectivity index is 0. The van der Waals surface area contributed by atoms with Crippen molar-refractivity contribution in [3.05, 3.63) is 25.3 Å². The molecular weight excluding hydrogens is 300 g/mol. The van der Waals surface area contributed by atoms with Gasteiger partial charge in [0, 0.05) is 31.2 Å². The average Bonchev–Trinajstić information content (AvgIpc) is 2.55. The van der Waals surface area contributed by atoms with E-state index in [9.17, 15) is 9.90 Å². The molecule has 142 valence electrons. The number of aliphatic hydroxyl groups is 1. The highest BCUT2D eigenvalue weighted by atomic mass is 16.3. The van der Waals surface area contributed by atoms with Crippen LogP contribution in [-0.2, 0) is 4.79 Å². The van der Waals surface area contributed by atoms with Crippen molar-refractivity contribution >= 4 is 6.41 Å². The van der Waals surface area contributed by atoms with Gasteiger partial charge in [0.05, 0.1) is 0 Å². The molecule has 4 heteroatoms. The summed E-state index contributed by atoms with van der Waals surface area (Å²) >= 11 is 0. The summed E-state index contributed by atoms with van der Waals surface area (Å²) in [5, 5.41) is 9.28. The van der Waals surface area contributed by atoms with Gasteiger partial charge in [0.25, 0.3) is 0 Å². The first kappa shape index (κ1) is 25.1. The smallest absolute Gasteiger partial charge is 0.209 e. The van der Waals surface area contributed by atoms with Crippen molar-refractivity contribution < 1.29 is 9.90 Å². The van der Waals surface area contributed by atoms with Crippen molar-refractivity contribution in [3.8, 4) is 0 Å². The maximum absolute atomic E-state index is 11.0. The molecule has 0 aliphatic carbocycles. The Kier molecular flexibility index (Phi) is 16.1. The zero-order valence-electron chi connectivity index (χ0n) is 16.6.